The number of tetrazole rings is 1. The maximum absolute atomic E-state index is 11.7. The lowest BCUT2D eigenvalue weighted by Gasteiger charge is -2.20. The van der Waals surface area contributed by atoms with E-state index < -0.39 is 0 Å². The highest BCUT2D eigenvalue weighted by Crippen LogP contribution is 2.23. The van der Waals surface area contributed by atoms with E-state index in [4.69, 9.17) is 0 Å². The first-order valence-corrected chi connectivity index (χ1v) is 5.36. The predicted octanol–water partition coefficient (Wildman–Crippen LogP) is 0.396. The summed E-state index contributed by atoms with van der Waals surface area (Å²) in [6.45, 7) is 0.367. The largest absolute Gasteiger partial charge is 0.348 e. The van der Waals surface area contributed by atoms with Gasteiger partial charge in [-0.25, -0.2) is 0 Å². The molecule has 0 radical (unpaired) electrons. The molecule has 0 aromatic carbocycles. The average Bonchev–Trinajstić information content (AvgIpc) is 2.80. The fourth-order valence-corrected chi connectivity index (χ4v) is 1.93. The lowest BCUT2D eigenvalue weighted by atomic mass is 9.89. The normalized spacial score (nSPS) is 17.6. The minimum Gasteiger partial charge on any atom is -0.348 e. The van der Waals surface area contributed by atoms with Crippen LogP contribution in [-0.4, -0.2) is 26.5 Å². The summed E-state index contributed by atoms with van der Waals surface area (Å²) >= 11 is 0. The van der Waals surface area contributed by atoms with Crippen LogP contribution < -0.4 is 5.32 Å². The summed E-state index contributed by atoms with van der Waals surface area (Å²) in [5.74, 6) is 0.837. The molecular formula is C9H15N5O. The lowest BCUT2D eigenvalue weighted by Crippen LogP contribution is -2.31. The number of carbonyl (C=O) groups is 1. The second kappa shape index (κ2) is 4.86. The fourth-order valence-electron chi connectivity index (χ4n) is 1.93. The van der Waals surface area contributed by atoms with Crippen molar-refractivity contribution in [2.24, 2.45) is 5.92 Å². The molecule has 2 rings (SSSR count). The molecule has 1 aliphatic rings. The maximum atomic E-state index is 11.7. The highest BCUT2D eigenvalue weighted by Gasteiger charge is 2.20. The Morgan fingerprint density at radius 2 is 2.20 bits per heavy atom. The fraction of sp³-hybridized carbons (Fsp3) is 0.778. The monoisotopic (exact) mass is 209 g/mol. The zero-order valence-electron chi connectivity index (χ0n) is 8.57. The van der Waals surface area contributed by atoms with E-state index in [1.54, 1.807) is 0 Å². The van der Waals surface area contributed by atoms with Crippen LogP contribution in [0, 0.1) is 5.92 Å². The van der Waals surface area contributed by atoms with Gasteiger partial charge < -0.3 is 5.32 Å². The first-order valence-electron chi connectivity index (χ1n) is 5.36. The van der Waals surface area contributed by atoms with E-state index in [-0.39, 0.29) is 11.8 Å². The molecular weight excluding hydrogens is 194 g/mol. The molecule has 2 N–H and O–H groups in total. The topological polar surface area (TPSA) is 83.6 Å². The zero-order valence-corrected chi connectivity index (χ0v) is 8.57. The van der Waals surface area contributed by atoms with Crippen molar-refractivity contribution in [2.45, 2.75) is 38.6 Å². The molecule has 0 aliphatic heterocycles. The van der Waals surface area contributed by atoms with Crippen molar-refractivity contribution in [3.05, 3.63) is 5.82 Å². The highest BCUT2D eigenvalue weighted by atomic mass is 16.1. The molecule has 6 heteroatoms. The van der Waals surface area contributed by atoms with Crippen molar-refractivity contribution >= 4 is 5.91 Å². The van der Waals surface area contributed by atoms with Crippen LogP contribution in [0.4, 0.5) is 0 Å². The molecule has 1 heterocycles. The van der Waals surface area contributed by atoms with Crippen LogP contribution in [0.15, 0.2) is 0 Å². The predicted molar refractivity (Wildman–Crippen MR) is 52.6 cm³/mol. The zero-order chi connectivity index (χ0) is 10.5. The summed E-state index contributed by atoms with van der Waals surface area (Å²) < 4.78 is 0. The summed E-state index contributed by atoms with van der Waals surface area (Å²) in [4.78, 5) is 11.7. The molecule has 1 aromatic heterocycles. The van der Waals surface area contributed by atoms with E-state index in [1.807, 2.05) is 0 Å². The molecule has 0 saturated heterocycles. The Hall–Kier alpha value is -1.46. The molecule has 0 unspecified atom stereocenters. The Labute approximate surface area is 87.8 Å². The molecule has 82 valence electrons. The number of carbonyl (C=O) groups excluding carboxylic acids is 1. The number of nitrogens with zero attached hydrogens (tertiary/aromatic N) is 3. The smallest absolute Gasteiger partial charge is 0.223 e. The van der Waals surface area contributed by atoms with E-state index in [9.17, 15) is 4.79 Å². The molecule has 0 bridgehead atoms. The van der Waals surface area contributed by atoms with Gasteiger partial charge in [0, 0.05) is 5.92 Å². The van der Waals surface area contributed by atoms with Gasteiger partial charge in [0.2, 0.25) is 5.91 Å². The molecule has 1 amide bonds. The second-order valence-corrected chi connectivity index (χ2v) is 3.88. The van der Waals surface area contributed by atoms with E-state index in [2.05, 4.69) is 25.9 Å². The van der Waals surface area contributed by atoms with Crippen LogP contribution >= 0.6 is 0 Å². The molecule has 1 aliphatic carbocycles. The molecule has 1 aromatic rings. The molecule has 1 fully saturated rings. The number of aromatic nitrogens is 4. The van der Waals surface area contributed by atoms with Gasteiger partial charge in [0.15, 0.2) is 5.82 Å². The SMILES string of the molecule is O=C(NCc1nn[nH]n1)C1CCCCC1. The lowest BCUT2D eigenvalue weighted by molar-refractivity contribution is -0.126. The van der Waals surface area contributed by atoms with Crippen molar-refractivity contribution in [2.75, 3.05) is 0 Å². The third-order valence-corrected chi connectivity index (χ3v) is 2.79. The number of nitrogens with one attached hydrogen (secondary N) is 2. The second-order valence-electron chi connectivity index (χ2n) is 3.88. The summed E-state index contributed by atoms with van der Waals surface area (Å²) in [7, 11) is 0. The first-order chi connectivity index (χ1) is 7.36. The number of aromatic amines is 1. The summed E-state index contributed by atoms with van der Waals surface area (Å²) in [5.41, 5.74) is 0. The molecule has 0 spiro atoms. The summed E-state index contributed by atoms with van der Waals surface area (Å²) in [5, 5.41) is 16.1. The van der Waals surface area contributed by atoms with Gasteiger partial charge in [-0.15, -0.1) is 10.2 Å². The summed E-state index contributed by atoms with van der Waals surface area (Å²) in [6.07, 6.45) is 5.62. The van der Waals surface area contributed by atoms with Crippen LogP contribution in [0.25, 0.3) is 0 Å². The molecule has 1 saturated carbocycles. The Morgan fingerprint density at radius 1 is 1.40 bits per heavy atom. The van der Waals surface area contributed by atoms with E-state index in [1.165, 1.54) is 19.3 Å². The Balaban J connectivity index is 1.76. The third-order valence-electron chi connectivity index (χ3n) is 2.79. The van der Waals surface area contributed by atoms with Crippen molar-refractivity contribution in [1.82, 2.24) is 25.9 Å². The quantitative estimate of drug-likeness (QED) is 0.754. The van der Waals surface area contributed by atoms with Crippen molar-refractivity contribution < 1.29 is 4.79 Å². The van der Waals surface area contributed by atoms with Gasteiger partial charge in [0.05, 0.1) is 6.54 Å². The van der Waals surface area contributed by atoms with E-state index in [0.717, 1.165) is 12.8 Å². The standard InChI is InChI=1S/C9H15N5O/c15-9(7-4-2-1-3-5-7)10-6-8-11-13-14-12-8/h7H,1-6H2,(H,10,15)(H,11,12,13,14). The molecule has 6 nitrogen and oxygen atoms in total. The van der Waals surface area contributed by atoms with Crippen molar-refractivity contribution in [1.29, 1.82) is 0 Å². The van der Waals surface area contributed by atoms with Gasteiger partial charge in [0.25, 0.3) is 0 Å². The van der Waals surface area contributed by atoms with Crippen LogP contribution in [0.2, 0.25) is 0 Å². The molecule has 15 heavy (non-hydrogen) atoms. The van der Waals surface area contributed by atoms with Gasteiger partial charge in [-0.05, 0) is 12.8 Å². The number of hydrogen-bond donors (Lipinski definition) is 2. The van der Waals surface area contributed by atoms with E-state index >= 15 is 0 Å². The minimum atomic E-state index is 0.125. The minimum absolute atomic E-state index is 0.125. The Kier molecular flexibility index (Phi) is 3.26. The van der Waals surface area contributed by atoms with Crippen LogP contribution in [0.3, 0.4) is 0 Å². The van der Waals surface area contributed by atoms with Gasteiger partial charge in [0.1, 0.15) is 0 Å². The van der Waals surface area contributed by atoms with Gasteiger partial charge >= 0.3 is 0 Å². The molecule has 0 atom stereocenters. The van der Waals surface area contributed by atoms with E-state index in [0.29, 0.717) is 12.4 Å². The van der Waals surface area contributed by atoms with Gasteiger partial charge in [-0.1, -0.05) is 24.5 Å². The Morgan fingerprint density at radius 3 is 2.87 bits per heavy atom. The van der Waals surface area contributed by atoms with Crippen LogP contribution in [-0.2, 0) is 11.3 Å². The van der Waals surface area contributed by atoms with Gasteiger partial charge in [-0.2, -0.15) is 5.21 Å². The van der Waals surface area contributed by atoms with Crippen molar-refractivity contribution in [3.63, 3.8) is 0 Å². The number of rotatable bonds is 3. The first kappa shape index (κ1) is 10.1. The van der Waals surface area contributed by atoms with Crippen molar-refractivity contribution in [3.8, 4) is 0 Å². The van der Waals surface area contributed by atoms with Gasteiger partial charge in [-0.3, -0.25) is 4.79 Å². The highest BCUT2D eigenvalue weighted by molar-refractivity contribution is 5.78. The number of hydrogen-bond acceptors (Lipinski definition) is 4. The van der Waals surface area contributed by atoms with Crippen LogP contribution in [0.1, 0.15) is 37.9 Å². The summed E-state index contributed by atoms with van der Waals surface area (Å²) in [6, 6.07) is 0. The third kappa shape index (κ3) is 2.74. The Bertz CT molecular complexity index is 304. The number of H-pyrrole nitrogens is 1. The average molecular weight is 209 g/mol. The maximum Gasteiger partial charge on any atom is 0.223 e. The number of amides is 1. The van der Waals surface area contributed by atoms with Crippen LogP contribution in [0.5, 0.6) is 0 Å².